The van der Waals surface area contributed by atoms with Crippen LogP contribution in [0.25, 0.3) is 0 Å². The second-order valence-corrected chi connectivity index (χ2v) is 7.04. The van der Waals surface area contributed by atoms with Gasteiger partial charge in [0.2, 0.25) is 0 Å². The maximum Gasteiger partial charge on any atom is 0.314 e. The summed E-state index contributed by atoms with van der Waals surface area (Å²) < 4.78 is 38.3. The molecule has 2 rings (SSSR count). The van der Waals surface area contributed by atoms with Crippen molar-refractivity contribution in [1.29, 1.82) is 0 Å². The number of benzene rings is 2. The van der Waals surface area contributed by atoms with Crippen molar-refractivity contribution in [2.24, 2.45) is 0 Å². The Hall–Kier alpha value is -2.81. The third-order valence-electron chi connectivity index (χ3n) is 3.43. The lowest BCUT2D eigenvalue weighted by Crippen LogP contribution is -2.14. The summed E-state index contributed by atoms with van der Waals surface area (Å²) in [6.07, 6.45) is 0. The first-order valence-corrected chi connectivity index (χ1v) is 9.44. The van der Waals surface area contributed by atoms with E-state index in [1.54, 1.807) is 26.0 Å². The summed E-state index contributed by atoms with van der Waals surface area (Å²) in [5.74, 6) is 0.0147. The van der Waals surface area contributed by atoms with Crippen molar-refractivity contribution >= 4 is 21.4 Å². The number of hydrogen-bond donors (Lipinski definition) is 1. The Morgan fingerprint density at radius 1 is 1.04 bits per heavy atom. The minimum atomic E-state index is -3.89. The summed E-state index contributed by atoms with van der Waals surface area (Å²) in [5.41, 5.74) is 0.697. The van der Waals surface area contributed by atoms with E-state index >= 15 is 0 Å². The lowest BCUT2D eigenvalue weighted by atomic mass is 10.2. The average molecular weight is 380 g/mol. The van der Waals surface area contributed by atoms with Gasteiger partial charge in [0.15, 0.2) is 11.5 Å². The van der Waals surface area contributed by atoms with Crippen LogP contribution in [0.3, 0.4) is 0 Å². The Bertz CT molecular complexity index is 894. The van der Waals surface area contributed by atoms with Crippen molar-refractivity contribution < 1.29 is 22.8 Å². The number of nitro benzene ring substituents is 1. The molecule has 1 N–H and O–H groups in total. The van der Waals surface area contributed by atoms with Gasteiger partial charge >= 0.3 is 5.69 Å². The maximum absolute atomic E-state index is 12.6. The summed E-state index contributed by atoms with van der Waals surface area (Å²) in [4.78, 5) is 10.7. The monoisotopic (exact) mass is 380 g/mol. The van der Waals surface area contributed by atoms with Crippen LogP contribution in [-0.4, -0.2) is 26.6 Å². The fraction of sp³-hybridized carbons (Fsp3) is 0.294. The number of ether oxygens (including phenoxy) is 2. The van der Waals surface area contributed by atoms with Crippen molar-refractivity contribution in [3.05, 3.63) is 52.1 Å². The van der Waals surface area contributed by atoms with Crippen LogP contribution in [0, 0.1) is 17.0 Å². The van der Waals surface area contributed by atoms with Gasteiger partial charge in [-0.3, -0.25) is 14.8 Å². The molecule has 0 aromatic heterocycles. The van der Waals surface area contributed by atoms with Crippen molar-refractivity contribution in [2.75, 3.05) is 17.9 Å². The lowest BCUT2D eigenvalue weighted by Gasteiger charge is -2.15. The number of nitrogens with zero attached hydrogens (tertiary/aromatic N) is 1. The molecule has 0 spiro atoms. The number of nitro groups is 1. The normalized spacial score (nSPS) is 11.0. The van der Waals surface area contributed by atoms with Gasteiger partial charge in [-0.2, -0.15) is 0 Å². The molecule has 0 aliphatic rings. The van der Waals surface area contributed by atoms with Gasteiger partial charge in [-0.25, -0.2) is 8.42 Å². The van der Waals surface area contributed by atoms with Crippen molar-refractivity contribution in [1.82, 2.24) is 0 Å². The topological polar surface area (TPSA) is 108 Å². The molecule has 0 fully saturated rings. The Morgan fingerprint density at radius 3 is 2.15 bits per heavy atom. The van der Waals surface area contributed by atoms with E-state index in [-0.39, 0.29) is 41.0 Å². The number of aryl methyl sites for hydroxylation is 1. The van der Waals surface area contributed by atoms with Gasteiger partial charge < -0.3 is 9.47 Å². The smallest absolute Gasteiger partial charge is 0.314 e. The lowest BCUT2D eigenvalue weighted by molar-refractivity contribution is -0.385. The molecule has 140 valence electrons. The van der Waals surface area contributed by atoms with E-state index in [2.05, 4.69) is 4.72 Å². The number of hydrogen-bond acceptors (Lipinski definition) is 6. The van der Waals surface area contributed by atoms with Gasteiger partial charge in [-0.05, 0) is 32.9 Å². The zero-order valence-electron chi connectivity index (χ0n) is 14.7. The van der Waals surface area contributed by atoms with Crippen LogP contribution >= 0.6 is 0 Å². The fourth-order valence-electron chi connectivity index (χ4n) is 2.24. The molecule has 0 saturated heterocycles. The summed E-state index contributed by atoms with van der Waals surface area (Å²) in [5, 5.41) is 11.2. The second-order valence-electron chi connectivity index (χ2n) is 5.36. The molecule has 0 aliphatic carbocycles. The highest BCUT2D eigenvalue weighted by molar-refractivity contribution is 7.92. The molecule has 0 amide bonds. The summed E-state index contributed by atoms with van der Waals surface area (Å²) in [6.45, 7) is 5.63. The first-order valence-electron chi connectivity index (χ1n) is 7.96. The van der Waals surface area contributed by atoms with Gasteiger partial charge in [0, 0.05) is 6.07 Å². The van der Waals surface area contributed by atoms with Crippen LogP contribution in [0.15, 0.2) is 41.3 Å². The Balaban J connectivity index is 2.50. The first kappa shape index (κ1) is 19.5. The van der Waals surface area contributed by atoms with Crippen LogP contribution in [0.4, 0.5) is 11.4 Å². The quantitative estimate of drug-likeness (QED) is 0.555. The Morgan fingerprint density at radius 2 is 1.62 bits per heavy atom. The minimum Gasteiger partial charge on any atom is -0.491 e. The molecule has 2 aromatic carbocycles. The van der Waals surface area contributed by atoms with Crippen molar-refractivity contribution in [3.63, 3.8) is 0 Å². The van der Waals surface area contributed by atoms with Gasteiger partial charge in [0.25, 0.3) is 10.0 Å². The fourth-order valence-corrected chi connectivity index (χ4v) is 3.30. The molecule has 8 nitrogen and oxygen atoms in total. The minimum absolute atomic E-state index is 0.0393. The number of nitrogens with one attached hydrogen (secondary N) is 1. The van der Waals surface area contributed by atoms with Crippen LogP contribution in [0.1, 0.15) is 19.4 Å². The molecule has 0 radical (unpaired) electrons. The van der Waals surface area contributed by atoms with E-state index in [1.165, 1.54) is 18.2 Å². The predicted octanol–water partition coefficient (Wildman–Crippen LogP) is 3.50. The van der Waals surface area contributed by atoms with E-state index in [0.717, 1.165) is 11.6 Å². The van der Waals surface area contributed by atoms with E-state index in [9.17, 15) is 18.5 Å². The van der Waals surface area contributed by atoms with E-state index in [4.69, 9.17) is 9.47 Å². The molecule has 0 aliphatic heterocycles. The highest BCUT2D eigenvalue weighted by atomic mass is 32.2. The number of rotatable bonds is 8. The highest BCUT2D eigenvalue weighted by Gasteiger charge is 2.23. The van der Waals surface area contributed by atoms with Gasteiger partial charge in [-0.1, -0.05) is 17.7 Å². The van der Waals surface area contributed by atoms with Crippen LogP contribution in [0.5, 0.6) is 11.5 Å². The van der Waals surface area contributed by atoms with Crippen molar-refractivity contribution in [2.45, 2.75) is 25.7 Å². The maximum atomic E-state index is 12.6. The van der Waals surface area contributed by atoms with E-state index < -0.39 is 14.9 Å². The largest absolute Gasteiger partial charge is 0.491 e. The molecule has 2 aromatic rings. The SMILES string of the molecule is CCOc1cc([N+](=O)[O-])c(OCC)cc1NS(=O)(=O)c1ccc(C)cc1. The Labute approximate surface area is 152 Å². The molecule has 9 heteroatoms. The second kappa shape index (κ2) is 8.05. The average Bonchev–Trinajstić information content (AvgIpc) is 2.57. The number of anilines is 1. The third-order valence-corrected chi connectivity index (χ3v) is 4.81. The molecular weight excluding hydrogens is 360 g/mol. The zero-order chi connectivity index (χ0) is 19.3. The van der Waals surface area contributed by atoms with Gasteiger partial charge in [0.05, 0.1) is 34.8 Å². The van der Waals surface area contributed by atoms with E-state index in [1.807, 2.05) is 6.92 Å². The van der Waals surface area contributed by atoms with Gasteiger partial charge in [-0.15, -0.1) is 0 Å². The zero-order valence-corrected chi connectivity index (χ0v) is 15.5. The molecule has 0 bridgehead atoms. The van der Waals surface area contributed by atoms with Gasteiger partial charge in [0.1, 0.15) is 0 Å². The van der Waals surface area contributed by atoms with Crippen LogP contribution in [-0.2, 0) is 10.0 Å². The summed E-state index contributed by atoms with van der Waals surface area (Å²) >= 11 is 0. The first-order chi connectivity index (χ1) is 12.3. The molecule has 0 unspecified atom stereocenters. The summed E-state index contributed by atoms with van der Waals surface area (Å²) in [6, 6.07) is 8.73. The van der Waals surface area contributed by atoms with Crippen LogP contribution < -0.4 is 14.2 Å². The molecule has 0 atom stereocenters. The predicted molar refractivity (Wildman–Crippen MR) is 97.4 cm³/mol. The van der Waals surface area contributed by atoms with E-state index in [0.29, 0.717) is 0 Å². The standard InChI is InChI=1S/C17H20N2O6S/c1-4-24-16-11-15(19(20)21)17(25-5-2)10-14(16)18-26(22,23)13-8-6-12(3)7-9-13/h6-11,18H,4-5H2,1-3H3. The van der Waals surface area contributed by atoms with Crippen molar-refractivity contribution in [3.8, 4) is 11.5 Å². The molecular formula is C17H20N2O6S. The molecule has 26 heavy (non-hydrogen) atoms. The molecule has 0 heterocycles. The summed E-state index contributed by atoms with van der Waals surface area (Å²) in [7, 11) is -3.89. The van der Waals surface area contributed by atoms with Crippen LogP contribution in [0.2, 0.25) is 0 Å². The Kier molecular flexibility index (Phi) is 6.04. The highest BCUT2D eigenvalue weighted by Crippen LogP contribution is 2.39. The third kappa shape index (κ3) is 4.42. The molecule has 0 saturated carbocycles. The number of sulfonamides is 1.